The van der Waals surface area contributed by atoms with Crippen LogP contribution in [0, 0.1) is 0 Å². The summed E-state index contributed by atoms with van der Waals surface area (Å²) in [4.78, 5) is 17.9. The molecule has 9 nitrogen and oxygen atoms in total. The Morgan fingerprint density at radius 2 is 1.74 bits per heavy atom. The number of halogens is 1. The van der Waals surface area contributed by atoms with Crippen molar-refractivity contribution in [1.29, 1.82) is 0 Å². The number of piperazine rings is 1. The molecule has 1 saturated heterocycles. The van der Waals surface area contributed by atoms with Crippen molar-refractivity contribution in [3.05, 3.63) is 89.2 Å². The first kappa shape index (κ1) is 33.9. The summed E-state index contributed by atoms with van der Waals surface area (Å²) < 4.78 is 37.8. The Hall–Kier alpha value is -3.41. The van der Waals surface area contributed by atoms with Crippen molar-refractivity contribution >= 4 is 33.0 Å². The van der Waals surface area contributed by atoms with Gasteiger partial charge in [0.05, 0.1) is 33.9 Å². The highest BCUT2D eigenvalue weighted by molar-refractivity contribution is 7.91. The van der Waals surface area contributed by atoms with E-state index in [2.05, 4.69) is 22.0 Å². The molecule has 5 rings (SSSR count). The fourth-order valence-corrected chi connectivity index (χ4v) is 7.84. The van der Waals surface area contributed by atoms with Gasteiger partial charge in [0.15, 0.2) is 0 Å². The molecule has 1 unspecified atom stereocenters. The van der Waals surface area contributed by atoms with Crippen LogP contribution in [0.1, 0.15) is 56.2 Å². The Morgan fingerprint density at radius 3 is 2.41 bits per heavy atom. The van der Waals surface area contributed by atoms with Crippen molar-refractivity contribution in [2.24, 2.45) is 5.73 Å². The number of nitrogens with zero attached hydrogens (tertiary/aromatic N) is 2. The quantitative estimate of drug-likeness (QED) is 0.184. The lowest BCUT2D eigenvalue weighted by Crippen LogP contribution is -2.51. The number of carbonyl (C=O) groups excluding carboxylic acids is 1. The summed E-state index contributed by atoms with van der Waals surface area (Å²) in [5, 5.41) is 2.99. The van der Waals surface area contributed by atoms with Crippen molar-refractivity contribution in [3.63, 3.8) is 0 Å². The van der Waals surface area contributed by atoms with Gasteiger partial charge in [0.25, 0.3) is 5.91 Å². The molecule has 0 bridgehead atoms. The molecule has 1 atom stereocenters. The van der Waals surface area contributed by atoms with E-state index in [9.17, 15) is 13.2 Å². The Kier molecular flexibility index (Phi) is 11.4. The van der Waals surface area contributed by atoms with Crippen LogP contribution in [0.2, 0.25) is 5.02 Å². The van der Waals surface area contributed by atoms with Gasteiger partial charge < -0.3 is 20.5 Å². The van der Waals surface area contributed by atoms with Gasteiger partial charge in [-0.15, -0.1) is 0 Å². The molecule has 11 heteroatoms. The smallest absolute Gasteiger partial charge is 0.251 e. The maximum absolute atomic E-state index is 13.5. The van der Waals surface area contributed by atoms with E-state index in [1.807, 2.05) is 12.1 Å². The van der Waals surface area contributed by atoms with Gasteiger partial charge in [-0.2, -0.15) is 0 Å². The summed E-state index contributed by atoms with van der Waals surface area (Å²) >= 11 is 6.27. The van der Waals surface area contributed by atoms with Crippen molar-refractivity contribution < 1.29 is 22.7 Å². The molecule has 2 fully saturated rings. The molecule has 1 aliphatic heterocycles. The van der Waals surface area contributed by atoms with Crippen LogP contribution < -0.4 is 20.5 Å². The van der Waals surface area contributed by atoms with Crippen LogP contribution in [0.25, 0.3) is 0 Å². The van der Waals surface area contributed by atoms with Crippen molar-refractivity contribution in [1.82, 2.24) is 9.80 Å². The van der Waals surface area contributed by atoms with Crippen LogP contribution in [0.5, 0.6) is 11.5 Å². The minimum Gasteiger partial charge on any atom is -0.496 e. The molecule has 0 spiro atoms. The summed E-state index contributed by atoms with van der Waals surface area (Å²) in [6, 6.07) is 17.5. The molecule has 1 amide bonds. The number of benzene rings is 3. The summed E-state index contributed by atoms with van der Waals surface area (Å²) in [6.07, 6.45) is 9.08. The van der Waals surface area contributed by atoms with Gasteiger partial charge in [-0.25, -0.2) is 8.42 Å². The molecule has 1 heterocycles. The second kappa shape index (κ2) is 15.5. The van der Waals surface area contributed by atoms with E-state index in [0.29, 0.717) is 22.0 Å². The normalized spacial score (nSPS) is 17.6. The third-order valence-corrected chi connectivity index (χ3v) is 11.1. The van der Waals surface area contributed by atoms with Gasteiger partial charge in [0.1, 0.15) is 11.5 Å². The number of hydrogen-bond acceptors (Lipinski definition) is 8. The summed E-state index contributed by atoms with van der Waals surface area (Å²) in [7, 11) is -2.28. The average Bonchev–Trinajstić information content (AvgIpc) is 3.09. The lowest BCUT2D eigenvalue weighted by molar-refractivity contribution is -0.112. The molecule has 1 saturated carbocycles. The van der Waals surface area contributed by atoms with Gasteiger partial charge >= 0.3 is 0 Å². The minimum atomic E-state index is -3.79. The third-order valence-electron chi connectivity index (χ3n) is 9.05. The van der Waals surface area contributed by atoms with Gasteiger partial charge in [-0.05, 0) is 61.7 Å². The molecule has 3 aromatic carbocycles. The van der Waals surface area contributed by atoms with Crippen LogP contribution >= 0.6 is 11.6 Å². The summed E-state index contributed by atoms with van der Waals surface area (Å²) in [6.45, 7) is 6.65. The number of anilines is 1. The Bertz CT molecular complexity index is 1630. The number of nitrogens with one attached hydrogen (secondary N) is 1. The number of nitrogens with two attached hydrogens (primary N) is 1. The molecule has 1 aliphatic carbocycles. The predicted octanol–water partition coefficient (Wildman–Crippen LogP) is 6.18. The number of carbonyl (C=O) groups is 1. The molecule has 46 heavy (non-hydrogen) atoms. The monoisotopic (exact) mass is 666 g/mol. The largest absolute Gasteiger partial charge is 0.496 e. The molecule has 0 aromatic heterocycles. The zero-order chi connectivity index (χ0) is 32.7. The van der Waals surface area contributed by atoms with Gasteiger partial charge in [0.2, 0.25) is 9.84 Å². The van der Waals surface area contributed by atoms with E-state index in [4.69, 9.17) is 26.8 Å². The van der Waals surface area contributed by atoms with Crippen LogP contribution in [-0.4, -0.2) is 63.5 Å². The van der Waals surface area contributed by atoms with E-state index in [-0.39, 0.29) is 28.1 Å². The van der Waals surface area contributed by atoms with Crippen molar-refractivity contribution in [2.75, 3.05) is 38.6 Å². The second-order valence-corrected chi connectivity index (χ2v) is 14.2. The van der Waals surface area contributed by atoms with E-state index in [1.165, 1.54) is 63.7 Å². The number of methoxy groups -OCH3 is 1. The number of hydrogen-bond donors (Lipinski definition) is 2. The predicted molar refractivity (Wildman–Crippen MR) is 181 cm³/mol. The topological polar surface area (TPSA) is 114 Å². The Balaban J connectivity index is 1.17. The fourth-order valence-electron chi connectivity index (χ4n) is 6.31. The van der Waals surface area contributed by atoms with E-state index in [0.717, 1.165) is 37.8 Å². The molecule has 3 aromatic rings. The van der Waals surface area contributed by atoms with Gasteiger partial charge in [-0.3, -0.25) is 14.6 Å². The van der Waals surface area contributed by atoms with Gasteiger partial charge in [0, 0.05) is 62.5 Å². The van der Waals surface area contributed by atoms with Crippen LogP contribution in [0.15, 0.2) is 82.8 Å². The highest BCUT2D eigenvalue weighted by atomic mass is 35.5. The maximum Gasteiger partial charge on any atom is 0.251 e. The Morgan fingerprint density at radius 1 is 1.02 bits per heavy atom. The van der Waals surface area contributed by atoms with Crippen molar-refractivity contribution in [2.45, 2.75) is 67.4 Å². The maximum atomic E-state index is 13.5. The fraction of sp³-hybridized carbons (Fsp3) is 0.400. The molecule has 0 radical (unpaired) electrons. The standard InChI is InChI=1S/C35H43ClN4O5S/c1-25(39-16-18-40(19-17-39)28-7-4-3-5-8-28)26-11-13-30(14-12-26)46(42,43)31-10-6-9-29(22-31)45-20-15-35(41)38-33-23-34(44-2)27(24-37)21-32(33)36/h6,9-15,20-23,25,28H,3-5,7-8,16-19,24,37H2,1-2H3,(H,38,41). The molecular weight excluding hydrogens is 624 g/mol. The highest BCUT2D eigenvalue weighted by Crippen LogP contribution is 2.32. The average molecular weight is 667 g/mol. The Labute approximate surface area is 277 Å². The van der Waals surface area contributed by atoms with E-state index < -0.39 is 15.7 Å². The molecule has 246 valence electrons. The van der Waals surface area contributed by atoms with Crippen LogP contribution in [0.4, 0.5) is 5.69 Å². The lowest BCUT2D eigenvalue weighted by atomic mass is 9.93. The first-order chi connectivity index (χ1) is 22.2. The zero-order valence-corrected chi connectivity index (χ0v) is 28.0. The second-order valence-electron chi connectivity index (χ2n) is 11.8. The summed E-state index contributed by atoms with van der Waals surface area (Å²) in [5.74, 6) is 0.288. The third kappa shape index (κ3) is 8.11. The lowest BCUT2D eigenvalue weighted by Gasteiger charge is -2.42. The van der Waals surface area contributed by atoms with Crippen LogP contribution in [0.3, 0.4) is 0 Å². The number of ether oxygens (including phenoxy) is 2. The zero-order valence-electron chi connectivity index (χ0n) is 26.5. The van der Waals surface area contributed by atoms with Crippen LogP contribution in [-0.2, 0) is 21.2 Å². The first-order valence-corrected chi connectivity index (χ1v) is 17.7. The minimum absolute atomic E-state index is 0.0985. The van der Waals surface area contributed by atoms with E-state index in [1.54, 1.807) is 36.4 Å². The van der Waals surface area contributed by atoms with Crippen molar-refractivity contribution in [3.8, 4) is 11.5 Å². The number of sulfone groups is 1. The molecular formula is C35H43ClN4O5S. The SMILES string of the molecule is COc1cc(NC(=O)C=COc2cccc(S(=O)(=O)c3ccc(C(C)N4CCN(C5CCCCC5)CC4)cc3)c2)c(Cl)cc1CN. The van der Waals surface area contributed by atoms with Gasteiger partial charge in [-0.1, -0.05) is 49.1 Å². The highest BCUT2D eigenvalue weighted by Gasteiger charge is 2.28. The molecule has 2 aliphatic rings. The summed E-state index contributed by atoms with van der Waals surface area (Å²) in [5.41, 5.74) is 7.87. The first-order valence-electron chi connectivity index (χ1n) is 15.8. The number of rotatable bonds is 11. The molecule has 3 N–H and O–H groups in total. The van der Waals surface area contributed by atoms with E-state index >= 15 is 0 Å². The number of amides is 1.